The molecule has 0 bridgehead atoms. The topological polar surface area (TPSA) is 88.3 Å². The van der Waals surface area contributed by atoms with Crippen molar-refractivity contribution in [3.8, 4) is 11.5 Å². The summed E-state index contributed by atoms with van der Waals surface area (Å²) >= 11 is 6.25. The first-order valence-electron chi connectivity index (χ1n) is 8.28. The van der Waals surface area contributed by atoms with Crippen molar-refractivity contribution in [2.24, 2.45) is 4.99 Å². The van der Waals surface area contributed by atoms with E-state index < -0.39 is 5.60 Å². The van der Waals surface area contributed by atoms with Crippen molar-refractivity contribution < 1.29 is 19.0 Å². The summed E-state index contributed by atoms with van der Waals surface area (Å²) in [5, 5.41) is 17.3. The van der Waals surface area contributed by atoms with E-state index >= 15 is 0 Å². The van der Waals surface area contributed by atoms with Crippen molar-refractivity contribution in [3.05, 3.63) is 46.9 Å². The van der Waals surface area contributed by atoms with Crippen LogP contribution in [0.1, 0.15) is 18.2 Å². The average molecular weight is 380 g/mol. The van der Waals surface area contributed by atoms with Gasteiger partial charge in [-0.3, -0.25) is 4.99 Å². The molecule has 26 heavy (non-hydrogen) atoms. The number of furan rings is 1. The molecule has 0 aliphatic carbocycles. The molecule has 1 aromatic carbocycles. The molecule has 2 heterocycles. The maximum absolute atomic E-state index is 10.5. The average Bonchev–Trinajstić information content (AvgIpc) is 3.17. The Morgan fingerprint density at radius 1 is 1.31 bits per heavy atom. The molecule has 0 radical (unpaired) electrons. The second-order valence-electron chi connectivity index (χ2n) is 6.13. The highest BCUT2D eigenvalue weighted by Gasteiger charge is 2.26. The number of rotatable bonds is 5. The predicted molar refractivity (Wildman–Crippen MR) is 98.9 cm³/mol. The van der Waals surface area contributed by atoms with E-state index in [9.17, 15) is 5.11 Å². The van der Waals surface area contributed by atoms with Gasteiger partial charge in [0.05, 0.1) is 17.8 Å². The summed E-state index contributed by atoms with van der Waals surface area (Å²) in [5.41, 5.74) is -0.221. The van der Waals surface area contributed by atoms with Crippen molar-refractivity contribution in [1.29, 1.82) is 0 Å². The van der Waals surface area contributed by atoms with Gasteiger partial charge < -0.3 is 29.6 Å². The zero-order valence-corrected chi connectivity index (χ0v) is 15.5. The fraction of sp³-hybridized carbons (Fsp3) is 0.389. The van der Waals surface area contributed by atoms with Gasteiger partial charge in [0.15, 0.2) is 17.5 Å². The lowest BCUT2D eigenvalue weighted by Gasteiger charge is -2.23. The van der Waals surface area contributed by atoms with Gasteiger partial charge in [0.25, 0.3) is 0 Å². The molecule has 1 aliphatic heterocycles. The minimum Gasteiger partial charge on any atom is -0.486 e. The molecule has 1 atom stereocenters. The summed E-state index contributed by atoms with van der Waals surface area (Å²) in [6.07, 6.45) is 1.53. The van der Waals surface area contributed by atoms with Crippen LogP contribution in [0.25, 0.3) is 0 Å². The van der Waals surface area contributed by atoms with Crippen LogP contribution in [0.5, 0.6) is 11.5 Å². The van der Waals surface area contributed by atoms with Gasteiger partial charge in [-0.25, -0.2) is 0 Å². The number of fused-ring (bicyclic) bond motifs is 1. The SMILES string of the molecule is CN=C(NCc1cc(Cl)c2c(c1)OCCO2)NCC(C)(O)c1ccco1. The van der Waals surface area contributed by atoms with Crippen molar-refractivity contribution in [2.75, 3.05) is 26.8 Å². The number of ether oxygens (including phenoxy) is 2. The smallest absolute Gasteiger partial charge is 0.191 e. The number of nitrogens with one attached hydrogen (secondary N) is 2. The molecule has 0 saturated heterocycles. The Morgan fingerprint density at radius 3 is 2.85 bits per heavy atom. The number of hydrogen-bond donors (Lipinski definition) is 3. The van der Waals surface area contributed by atoms with Crippen LogP contribution in [-0.4, -0.2) is 37.9 Å². The van der Waals surface area contributed by atoms with Crippen molar-refractivity contribution in [1.82, 2.24) is 10.6 Å². The minimum atomic E-state index is -1.15. The number of guanidine groups is 1. The zero-order chi connectivity index (χ0) is 18.6. The largest absolute Gasteiger partial charge is 0.486 e. The van der Waals surface area contributed by atoms with Crippen LogP contribution in [-0.2, 0) is 12.1 Å². The van der Waals surface area contributed by atoms with Crippen molar-refractivity contribution >= 4 is 17.6 Å². The van der Waals surface area contributed by atoms with Crippen LogP contribution < -0.4 is 20.1 Å². The Labute approximate surface area is 157 Å². The summed E-state index contributed by atoms with van der Waals surface area (Å²) in [5.74, 6) is 2.25. The molecule has 0 saturated carbocycles. The molecular formula is C18H22ClN3O4. The van der Waals surface area contributed by atoms with Crippen molar-refractivity contribution in [3.63, 3.8) is 0 Å². The highest BCUT2D eigenvalue weighted by Crippen LogP contribution is 2.38. The number of benzene rings is 1. The van der Waals surface area contributed by atoms with Gasteiger partial charge in [0, 0.05) is 13.6 Å². The molecule has 7 nitrogen and oxygen atoms in total. The molecular weight excluding hydrogens is 358 g/mol. The number of nitrogens with zero attached hydrogens (tertiary/aromatic N) is 1. The van der Waals surface area contributed by atoms with Crippen LogP contribution >= 0.6 is 11.6 Å². The molecule has 140 valence electrons. The van der Waals surface area contributed by atoms with E-state index in [-0.39, 0.29) is 6.54 Å². The van der Waals surface area contributed by atoms with Gasteiger partial charge in [0.2, 0.25) is 0 Å². The zero-order valence-electron chi connectivity index (χ0n) is 14.7. The number of halogens is 1. The Bertz CT molecular complexity index is 775. The van der Waals surface area contributed by atoms with Crippen molar-refractivity contribution in [2.45, 2.75) is 19.1 Å². The highest BCUT2D eigenvalue weighted by atomic mass is 35.5. The predicted octanol–water partition coefficient (Wildman–Crippen LogP) is 2.28. The molecule has 1 unspecified atom stereocenters. The molecule has 2 aromatic rings. The van der Waals surface area contributed by atoms with E-state index in [4.69, 9.17) is 25.5 Å². The van der Waals surface area contributed by atoms with Gasteiger partial charge >= 0.3 is 0 Å². The molecule has 3 N–H and O–H groups in total. The number of hydrogen-bond acceptors (Lipinski definition) is 5. The highest BCUT2D eigenvalue weighted by molar-refractivity contribution is 6.32. The summed E-state index contributed by atoms with van der Waals surface area (Å²) in [7, 11) is 1.66. The number of aliphatic imine (C=N–C) groups is 1. The molecule has 0 amide bonds. The molecule has 3 rings (SSSR count). The Morgan fingerprint density at radius 2 is 2.12 bits per heavy atom. The monoisotopic (exact) mass is 379 g/mol. The third-order valence-corrected chi connectivity index (χ3v) is 4.27. The van der Waals surface area contributed by atoms with Gasteiger partial charge in [-0.05, 0) is 36.8 Å². The van der Waals surface area contributed by atoms with Gasteiger partial charge in [0.1, 0.15) is 24.6 Å². The molecule has 0 spiro atoms. The molecule has 1 aliphatic rings. The summed E-state index contributed by atoms with van der Waals surface area (Å²) < 4.78 is 16.4. The molecule has 0 fully saturated rings. The first-order valence-corrected chi connectivity index (χ1v) is 8.66. The van der Waals surface area contributed by atoms with E-state index in [0.717, 1.165) is 5.56 Å². The third-order valence-electron chi connectivity index (χ3n) is 3.99. The molecule has 8 heteroatoms. The van der Waals surface area contributed by atoms with E-state index in [2.05, 4.69) is 15.6 Å². The van der Waals surface area contributed by atoms with Gasteiger partial charge in [-0.1, -0.05) is 11.6 Å². The number of aliphatic hydroxyl groups is 1. The van der Waals surface area contributed by atoms with Crippen LogP contribution in [0, 0.1) is 0 Å². The quantitative estimate of drug-likeness (QED) is 0.545. The van der Waals surface area contributed by atoms with Gasteiger partial charge in [-0.2, -0.15) is 0 Å². The molecule has 1 aromatic heterocycles. The minimum absolute atomic E-state index is 0.238. The van der Waals surface area contributed by atoms with E-state index in [1.54, 1.807) is 26.1 Å². The second kappa shape index (κ2) is 7.88. The lowest BCUT2D eigenvalue weighted by Crippen LogP contribution is -2.44. The first-order chi connectivity index (χ1) is 12.5. The van der Waals surface area contributed by atoms with E-state index in [1.807, 2.05) is 12.1 Å². The second-order valence-corrected chi connectivity index (χ2v) is 6.54. The first kappa shape index (κ1) is 18.4. The fourth-order valence-electron chi connectivity index (χ4n) is 2.60. The lowest BCUT2D eigenvalue weighted by molar-refractivity contribution is 0.0386. The lowest BCUT2D eigenvalue weighted by atomic mass is 10.0. The van der Waals surface area contributed by atoms with Crippen LogP contribution in [0.15, 0.2) is 39.9 Å². The van der Waals surface area contributed by atoms with Crippen LogP contribution in [0.4, 0.5) is 0 Å². The fourth-order valence-corrected chi connectivity index (χ4v) is 2.89. The Hall–Kier alpha value is -2.38. The van der Waals surface area contributed by atoms with Crippen LogP contribution in [0.2, 0.25) is 5.02 Å². The van der Waals surface area contributed by atoms with E-state index in [1.165, 1.54) is 6.26 Å². The summed E-state index contributed by atoms with van der Waals surface area (Å²) in [4.78, 5) is 4.16. The maximum atomic E-state index is 10.5. The summed E-state index contributed by atoms with van der Waals surface area (Å²) in [6, 6.07) is 7.19. The Balaban J connectivity index is 1.59. The standard InChI is InChI=1S/C18H22ClN3O4/c1-18(23,15-4-3-5-25-15)11-22-17(20-2)21-10-12-8-13(19)16-14(9-12)24-6-7-26-16/h3-5,8-9,23H,6-7,10-11H2,1-2H3,(H2,20,21,22). The third kappa shape index (κ3) is 4.23. The van der Waals surface area contributed by atoms with Crippen LogP contribution in [0.3, 0.4) is 0 Å². The van der Waals surface area contributed by atoms with E-state index in [0.29, 0.717) is 48.0 Å². The summed E-state index contributed by atoms with van der Waals surface area (Å²) in [6.45, 7) is 3.40. The maximum Gasteiger partial charge on any atom is 0.191 e. The van der Waals surface area contributed by atoms with Gasteiger partial charge in [-0.15, -0.1) is 0 Å². The normalized spacial score (nSPS) is 16.1. The Kier molecular flexibility index (Phi) is 5.58.